The summed E-state index contributed by atoms with van der Waals surface area (Å²) in [6.45, 7) is 14.4. The van der Waals surface area contributed by atoms with E-state index in [0.29, 0.717) is 77.7 Å². The molecule has 0 fully saturated rings. The number of carbonyl (C=O) groups is 4. The van der Waals surface area contributed by atoms with Gasteiger partial charge in [-0.25, -0.2) is 9.59 Å². The molecule has 4 amide bonds. The van der Waals surface area contributed by atoms with Crippen molar-refractivity contribution in [1.82, 2.24) is 21.3 Å². The van der Waals surface area contributed by atoms with Crippen molar-refractivity contribution in [3.63, 3.8) is 0 Å². The Kier molecular flexibility index (Phi) is 24.0. The van der Waals surface area contributed by atoms with Crippen LogP contribution < -0.4 is 21.3 Å². The fourth-order valence-corrected chi connectivity index (χ4v) is 11.7. The topological polar surface area (TPSA) is 190 Å². The molecule has 0 unspecified atom stereocenters. The van der Waals surface area contributed by atoms with Crippen molar-refractivity contribution in [3.05, 3.63) is 107 Å². The van der Waals surface area contributed by atoms with E-state index in [1.54, 1.807) is 18.2 Å². The lowest BCUT2D eigenvalue weighted by Gasteiger charge is -2.28. The highest BCUT2D eigenvalue weighted by molar-refractivity contribution is 6.61. The molecule has 0 saturated heterocycles. The monoisotopic (exact) mass is 898 g/mol. The van der Waals surface area contributed by atoms with Crippen LogP contribution >= 0.6 is 0 Å². The Morgan fingerprint density at radius 2 is 0.823 bits per heavy atom. The maximum atomic E-state index is 13.7. The number of hydrogen-bond acceptors (Lipinski definition) is 12. The number of alkyl carbamates (subject to hydrolysis) is 2. The van der Waals surface area contributed by atoms with E-state index in [1.165, 1.54) is 6.07 Å². The van der Waals surface area contributed by atoms with Crippen LogP contribution in [0, 0.1) is 0 Å². The van der Waals surface area contributed by atoms with Crippen LogP contribution in [0.2, 0.25) is 12.1 Å². The number of amides is 4. The first-order valence-corrected chi connectivity index (χ1v) is 25.4. The van der Waals surface area contributed by atoms with Crippen LogP contribution in [0.5, 0.6) is 0 Å². The van der Waals surface area contributed by atoms with E-state index in [0.717, 1.165) is 11.1 Å². The maximum Gasteiger partial charge on any atom is 0.500 e. The zero-order valence-electron chi connectivity index (χ0n) is 37.0. The van der Waals surface area contributed by atoms with Crippen molar-refractivity contribution in [2.75, 3.05) is 65.9 Å². The Morgan fingerprint density at radius 1 is 0.484 bits per heavy atom. The van der Waals surface area contributed by atoms with Gasteiger partial charge in [0.15, 0.2) is 0 Å². The lowest BCUT2D eigenvalue weighted by molar-refractivity contribution is 0.0699. The van der Waals surface area contributed by atoms with E-state index in [1.807, 2.05) is 102 Å². The van der Waals surface area contributed by atoms with Crippen molar-refractivity contribution >= 4 is 41.6 Å². The quantitative estimate of drug-likeness (QED) is 0.0398. The molecule has 0 aliphatic heterocycles. The molecule has 0 aliphatic carbocycles. The number of nitrogens with one attached hydrogen (secondary N) is 4. The standard InChI is InChI=1S/C44H66N4O12Si2/c1-7-55-61(56-8-2,57-9-3)30-20-28-45-43(51)53-33-39(35-22-15-13-16-23-35)47-41(49)37-26-19-27-38(32-37)42(50)48-40(36-24-17-14-18-25-36)34-54-44(52)46-29-21-31-62(58-10-4,59-11-5)60-12-6/h13-19,22-27,32,39-40H,7-12,20-21,28-31,33-34H2,1-6H3,(H,45,51)(H,46,52)(H,47,49)(H,48,50)/t39-,40-/m0/s1. The van der Waals surface area contributed by atoms with Gasteiger partial charge < -0.3 is 57.3 Å². The van der Waals surface area contributed by atoms with Crippen LogP contribution in [0.3, 0.4) is 0 Å². The molecule has 18 heteroatoms. The first-order valence-electron chi connectivity index (χ1n) is 21.5. The molecule has 3 aromatic rings. The third-order valence-corrected chi connectivity index (χ3v) is 15.5. The van der Waals surface area contributed by atoms with E-state index in [4.69, 9.17) is 36.0 Å². The van der Waals surface area contributed by atoms with Crippen molar-refractivity contribution in [1.29, 1.82) is 0 Å². The van der Waals surface area contributed by atoms with E-state index in [-0.39, 0.29) is 24.3 Å². The summed E-state index contributed by atoms with van der Waals surface area (Å²) in [6.07, 6.45) is -0.174. The molecule has 0 saturated carbocycles. The molecule has 62 heavy (non-hydrogen) atoms. The van der Waals surface area contributed by atoms with Crippen molar-refractivity contribution in [2.45, 2.75) is 78.6 Å². The van der Waals surface area contributed by atoms with Gasteiger partial charge in [-0.2, -0.15) is 0 Å². The molecule has 0 aromatic heterocycles. The van der Waals surface area contributed by atoms with E-state index >= 15 is 0 Å². The first kappa shape index (κ1) is 51.7. The highest BCUT2D eigenvalue weighted by Gasteiger charge is 2.40. The second kappa shape index (κ2) is 28.8. The lowest BCUT2D eigenvalue weighted by Crippen LogP contribution is -2.46. The van der Waals surface area contributed by atoms with E-state index < -0.39 is 53.7 Å². The molecule has 0 heterocycles. The second-order valence-corrected chi connectivity index (χ2v) is 19.1. The zero-order chi connectivity index (χ0) is 45.1. The summed E-state index contributed by atoms with van der Waals surface area (Å²) in [5, 5.41) is 11.4. The molecule has 0 radical (unpaired) electrons. The Morgan fingerprint density at radius 3 is 1.15 bits per heavy atom. The summed E-state index contributed by atoms with van der Waals surface area (Å²) in [6, 6.07) is 24.2. The average Bonchev–Trinajstić information content (AvgIpc) is 3.28. The molecule has 3 aromatic carbocycles. The van der Waals surface area contributed by atoms with E-state index in [2.05, 4.69) is 21.3 Å². The van der Waals surface area contributed by atoms with Gasteiger partial charge in [0.2, 0.25) is 0 Å². The van der Waals surface area contributed by atoms with Crippen LogP contribution in [-0.4, -0.2) is 108 Å². The molecular formula is C44H66N4O12Si2. The Balaban J connectivity index is 1.61. The lowest BCUT2D eigenvalue weighted by atomic mass is 10.0. The molecule has 0 aliphatic rings. The second-order valence-electron chi connectivity index (χ2n) is 13.7. The molecule has 2 atom stereocenters. The van der Waals surface area contributed by atoms with Crippen LogP contribution in [-0.2, 0) is 36.0 Å². The summed E-state index contributed by atoms with van der Waals surface area (Å²) in [5.41, 5.74) is 1.86. The fraction of sp³-hybridized carbons (Fsp3) is 0.500. The van der Waals surface area contributed by atoms with Crippen molar-refractivity contribution < 1.29 is 55.2 Å². The SMILES string of the molecule is CCO[Si](CCCNC(=O)OC[C@H](NC(=O)c1cccc(C(=O)N[C@@H](COC(=O)NCCC[Si](OCC)(OCC)OCC)c2ccccc2)c1)c1ccccc1)(OCC)OCC. The summed E-state index contributed by atoms with van der Waals surface area (Å²) < 4.78 is 46.5. The number of carbonyl (C=O) groups excluding carboxylic acids is 4. The Bertz CT molecular complexity index is 1610. The normalized spacial score (nSPS) is 12.5. The summed E-state index contributed by atoms with van der Waals surface area (Å²) in [4.78, 5) is 52.9. The number of benzene rings is 3. The van der Waals surface area contributed by atoms with Gasteiger partial charge in [0.05, 0.1) is 12.1 Å². The van der Waals surface area contributed by atoms with Gasteiger partial charge in [-0.05, 0) is 83.7 Å². The molecule has 16 nitrogen and oxygen atoms in total. The molecule has 4 N–H and O–H groups in total. The van der Waals surface area contributed by atoms with E-state index in [9.17, 15) is 19.2 Å². The fourth-order valence-electron chi connectivity index (χ4n) is 6.51. The number of hydrogen-bond donors (Lipinski definition) is 4. The number of rotatable bonds is 30. The summed E-state index contributed by atoms with van der Waals surface area (Å²) >= 11 is 0. The molecular weight excluding hydrogens is 833 g/mol. The molecule has 0 bridgehead atoms. The van der Waals surface area contributed by atoms with Crippen LogP contribution in [0.25, 0.3) is 0 Å². The van der Waals surface area contributed by atoms with Gasteiger partial charge in [-0.15, -0.1) is 0 Å². The van der Waals surface area contributed by atoms with Crippen molar-refractivity contribution in [3.8, 4) is 0 Å². The van der Waals surface area contributed by atoms with Crippen LogP contribution in [0.15, 0.2) is 84.9 Å². The minimum absolute atomic E-state index is 0.153. The average molecular weight is 899 g/mol. The predicted octanol–water partition coefficient (Wildman–Crippen LogP) is 6.96. The van der Waals surface area contributed by atoms with Gasteiger partial charge in [-0.1, -0.05) is 66.7 Å². The maximum absolute atomic E-state index is 13.7. The van der Waals surface area contributed by atoms with Gasteiger partial charge in [0.25, 0.3) is 11.8 Å². The zero-order valence-corrected chi connectivity index (χ0v) is 39.0. The number of ether oxygens (including phenoxy) is 2. The largest absolute Gasteiger partial charge is 0.500 e. The first-order chi connectivity index (χ1) is 30.1. The summed E-state index contributed by atoms with van der Waals surface area (Å²) in [7, 11) is -5.70. The summed E-state index contributed by atoms with van der Waals surface area (Å²) in [5.74, 6) is -0.963. The van der Waals surface area contributed by atoms with Gasteiger partial charge in [-0.3, -0.25) is 9.59 Å². The molecule has 342 valence electrons. The third-order valence-electron chi connectivity index (χ3n) is 9.21. The minimum Gasteiger partial charge on any atom is -0.447 e. The van der Waals surface area contributed by atoms with Gasteiger partial charge >= 0.3 is 29.8 Å². The van der Waals surface area contributed by atoms with Gasteiger partial charge in [0.1, 0.15) is 13.2 Å². The Labute approximate surface area is 368 Å². The highest BCUT2D eigenvalue weighted by Crippen LogP contribution is 2.21. The third kappa shape index (κ3) is 18.0. The predicted molar refractivity (Wildman–Crippen MR) is 239 cm³/mol. The van der Waals surface area contributed by atoms with Crippen LogP contribution in [0.4, 0.5) is 9.59 Å². The van der Waals surface area contributed by atoms with Crippen LogP contribution in [0.1, 0.15) is 98.3 Å². The Hall–Kier alpha value is -4.67. The van der Waals surface area contributed by atoms with Crippen molar-refractivity contribution in [2.24, 2.45) is 0 Å². The molecule has 0 spiro atoms. The van der Waals surface area contributed by atoms with Gasteiger partial charge in [0, 0.05) is 75.9 Å². The highest BCUT2D eigenvalue weighted by atomic mass is 28.4. The smallest absolute Gasteiger partial charge is 0.447 e. The minimum atomic E-state index is -2.85. The molecule has 3 rings (SSSR count).